The third kappa shape index (κ3) is 2.10. The monoisotopic (exact) mass is 398 g/mol. The molecule has 0 radical (unpaired) electrons. The molecule has 0 saturated carbocycles. The van der Waals surface area contributed by atoms with E-state index < -0.39 is 0 Å². The molecule has 0 aliphatic heterocycles. The minimum absolute atomic E-state index is 0.274. The molecule has 2 heterocycles. The summed E-state index contributed by atoms with van der Waals surface area (Å²) in [5.74, 6) is -0.0839. The van der Waals surface area contributed by atoms with Crippen molar-refractivity contribution in [2.24, 2.45) is 0 Å². The van der Waals surface area contributed by atoms with E-state index >= 15 is 0 Å². The fourth-order valence-corrected chi connectivity index (χ4v) is 2.85. The second kappa shape index (κ2) is 4.82. The summed E-state index contributed by atoms with van der Waals surface area (Å²) in [4.78, 5) is 8.57. The number of hydrogen-bond donors (Lipinski definition) is 1. The molecule has 0 unspecified atom stereocenters. The van der Waals surface area contributed by atoms with Crippen LogP contribution in [0.5, 0.6) is 0 Å². The Hall–Kier alpha value is -1.47. The summed E-state index contributed by atoms with van der Waals surface area (Å²) in [6, 6.07) is 4.94. The van der Waals surface area contributed by atoms with Crippen LogP contribution < -0.4 is 5.73 Å². The lowest BCUT2D eigenvalue weighted by Crippen LogP contribution is -2.04. The van der Waals surface area contributed by atoms with Gasteiger partial charge in [-0.1, -0.05) is 0 Å². The molecular weight excluding hydrogens is 391 g/mol. The maximum Gasteiger partial charge on any atom is 0.207 e. The number of benzene rings is 1. The topological polar surface area (TPSA) is 56.7 Å². The first-order valence-corrected chi connectivity index (χ1v) is 7.31. The van der Waals surface area contributed by atoms with Crippen molar-refractivity contribution in [3.8, 4) is 5.69 Å². The van der Waals surface area contributed by atoms with Crippen LogP contribution >= 0.6 is 31.9 Å². The number of nitrogen functional groups attached to an aromatic ring is 1. The Morgan fingerprint density at radius 2 is 2.00 bits per heavy atom. The second-order valence-corrected chi connectivity index (χ2v) is 6.12. The Kier molecular flexibility index (Phi) is 3.25. The third-order valence-corrected chi connectivity index (χ3v) is 4.01. The van der Waals surface area contributed by atoms with E-state index in [9.17, 15) is 4.39 Å². The molecule has 0 saturated heterocycles. The van der Waals surface area contributed by atoms with Crippen LogP contribution in [0.4, 0.5) is 10.3 Å². The number of aromatic nitrogens is 3. The van der Waals surface area contributed by atoms with E-state index in [2.05, 4.69) is 41.8 Å². The number of nitrogens with zero attached hydrogens (tertiary/aromatic N) is 3. The number of anilines is 1. The molecule has 0 fully saturated rings. The molecule has 20 heavy (non-hydrogen) atoms. The molecule has 102 valence electrons. The first kappa shape index (κ1) is 13.5. The van der Waals surface area contributed by atoms with Crippen molar-refractivity contribution in [3.05, 3.63) is 44.7 Å². The molecule has 7 heteroatoms. The number of pyridine rings is 1. The van der Waals surface area contributed by atoms with Gasteiger partial charge < -0.3 is 5.73 Å². The van der Waals surface area contributed by atoms with E-state index in [1.807, 2.05) is 13.0 Å². The highest BCUT2D eigenvalue weighted by atomic mass is 79.9. The fraction of sp³-hybridized carbons (Fsp3) is 0.0769. The van der Waals surface area contributed by atoms with Crippen molar-refractivity contribution in [1.29, 1.82) is 0 Å². The Balaban J connectivity index is 2.35. The molecule has 0 aliphatic carbocycles. The fourth-order valence-electron chi connectivity index (χ4n) is 2.07. The van der Waals surface area contributed by atoms with Gasteiger partial charge in [0.25, 0.3) is 0 Å². The minimum Gasteiger partial charge on any atom is -0.369 e. The van der Waals surface area contributed by atoms with Gasteiger partial charge >= 0.3 is 0 Å². The number of halogens is 3. The summed E-state index contributed by atoms with van der Waals surface area (Å²) >= 11 is 6.51. The molecule has 0 atom stereocenters. The maximum atomic E-state index is 13.8. The van der Waals surface area contributed by atoms with E-state index in [1.54, 1.807) is 16.8 Å². The summed E-state index contributed by atoms with van der Waals surface area (Å²) < 4.78 is 16.7. The molecule has 0 bridgehead atoms. The van der Waals surface area contributed by atoms with Crippen LogP contribution in [0.15, 0.2) is 33.3 Å². The van der Waals surface area contributed by atoms with Crippen LogP contribution in [0.25, 0.3) is 16.9 Å². The zero-order valence-corrected chi connectivity index (χ0v) is 13.5. The van der Waals surface area contributed by atoms with Crippen LogP contribution in [-0.4, -0.2) is 14.5 Å². The van der Waals surface area contributed by atoms with Crippen LogP contribution in [0.3, 0.4) is 0 Å². The predicted molar refractivity (Wildman–Crippen MR) is 83.4 cm³/mol. The highest BCUT2D eigenvalue weighted by Crippen LogP contribution is 2.28. The van der Waals surface area contributed by atoms with Crippen LogP contribution in [-0.2, 0) is 0 Å². The van der Waals surface area contributed by atoms with Gasteiger partial charge in [0, 0.05) is 10.7 Å². The Morgan fingerprint density at radius 3 is 2.75 bits per heavy atom. The van der Waals surface area contributed by atoms with E-state index in [1.165, 1.54) is 6.07 Å². The summed E-state index contributed by atoms with van der Waals surface area (Å²) in [6.07, 6.45) is 1.66. The number of aryl methyl sites for hydroxylation is 1. The highest BCUT2D eigenvalue weighted by Gasteiger charge is 2.15. The van der Waals surface area contributed by atoms with Crippen LogP contribution in [0.2, 0.25) is 0 Å². The molecule has 0 aliphatic rings. The average Bonchev–Trinajstić information content (AvgIpc) is 2.69. The molecule has 0 amide bonds. The van der Waals surface area contributed by atoms with Gasteiger partial charge in [-0.05, 0) is 62.5 Å². The molecule has 2 N–H and O–H groups in total. The van der Waals surface area contributed by atoms with Crippen LogP contribution in [0.1, 0.15) is 5.56 Å². The summed E-state index contributed by atoms with van der Waals surface area (Å²) in [5, 5.41) is 0. The largest absolute Gasteiger partial charge is 0.369 e. The summed E-state index contributed by atoms with van der Waals surface area (Å²) in [6.45, 7) is 1.88. The number of nitrogens with two attached hydrogens (primary N) is 1. The lowest BCUT2D eigenvalue weighted by atomic mass is 10.2. The van der Waals surface area contributed by atoms with Crippen molar-refractivity contribution in [3.63, 3.8) is 0 Å². The zero-order chi connectivity index (χ0) is 14.4. The van der Waals surface area contributed by atoms with E-state index in [0.29, 0.717) is 21.3 Å². The molecule has 0 spiro atoms. The van der Waals surface area contributed by atoms with Gasteiger partial charge in [0.2, 0.25) is 5.95 Å². The Morgan fingerprint density at radius 1 is 1.25 bits per heavy atom. The van der Waals surface area contributed by atoms with Crippen molar-refractivity contribution in [2.75, 3.05) is 5.73 Å². The molecule has 3 aromatic rings. The van der Waals surface area contributed by atoms with Gasteiger partial charge in [-0.25, -0.2) is 14.4 Å². The van der Waals surface area contributed by atoms with Crippen molar-refractivity contribution in [1.82, 2.24) is 14.5 Å². The van der Waals surface area contributed by atoms with E-state index in [-0.39, 0.29) is 11.8 Å². The molecule has 2 aromatic heterocycles. The lowest BCUT2D eigenvalue weighted by Gasteiger charge is -2.10. The van der Waals surface area contributed by atoms with Crippen molar-refractivity contribution >= 4 is 49.0 Å². The van der Waals surface area contributed by atoms with Gasteiger partial charge in [0.1, 0.15) is 11.3 Å². The number of fused-ring (bicyclic) bond motifs is 1. The van der Waals surface area contributed by atoms with Gasteiger partial charge in [0.05, 0.1) is 10.2 Å². The van der Waals surface area contributed by atoms with E-state index in [4.69, 9.17) is 5.73 Å². The SMILES string of the molecule is Cc1cc(Br)c(F)cc1-n1c(N)nc2cc(Br)cnc21. The Bertz CT molecular complexity index is 829. The van der Waals surface area contributed by atoms with Crippen molar-refractivity contribution in [2.45, 2.75) is 6.92 Å². The van der Waals surface area contributed by atoms with Gasteiger partial charge in [-0.15, -0.1) is 0 Å². The van der Waals surface area contributed by atoms with Gasteiger partial charge in [-0.3, -0.25) is 4.57 Å². The van der Waals surface area contributed by atoms with Gasteiger partial charge in [0.15, 0.2) is 5.65 Å². The summed E-state index contributed by atoms with van der Waals surface area (Å²) in [5.41, 5.74) is 8.70. The quantitative estimate of drug-likeness (QED) is 0.673. The molecular formula is C13H9Br2FN4. The number of imidazole rings is 1. The number of rotatable bonds is 1. The lowest BCUT2D eigenvalue weighted by molar-refractivity contribution is 0.619. The third-order valence-electron chi connectivity index (χ3n) is 2.97. The predicted octanol–water partition coefficient (Wildman–Crippen LogP) is 3.98. The van der Waals surface area contributed by atoms with Crippen molar-refractivity contribution < 1.29 is 4.39 Å². The maximum absolute atomic E-state index is 13.8. The Labute approximate surface area is 131 Å². The second-order valence-electron chi connectivity index (χ2n) is 4.35. The average molecular weight is 400 g/mol. The van der Waals surface area contributed by atoms with Crippen LogP contribution in [0, 0.1) is 12.7 Å². The number of hydrogen-bond acceptors (Lipinski definition) is 3. The zero-order valence-electron chi connectivity index (χ0n) is 10.4. The normalized spacial score (nSPS) is 11.2. The molecule has 4 nitrogen and oxygen atoms in total. The first-order chi connectivity index (χ1) is 9.47. The standard InChI is InChI=1S/C13H9Br2FN4/c1-6-2-8(15)9(16)4-11(6)20-12-10(19-13(20)17)3-7(14)5-18-12/h2-5H,1H3,(H2,17,19). The smallest absolute Gasteiger partial charge is 0.207 e. The highest BCUT2D eigenvalue weighted by molar-refractivity contribution is 9.10. The minimum atomic E-state index is -0.357. The van der Waals surface area contributed by atoms with Gasteiger partial charge in [-0.2, -0.15) is 0 Å². The molecule has 1 aromatic carbocycles. The first-order valence-electron chi connectivity index (χ1n) is 5.73. The molecule has 3 rings (SSSR count). The summed E-state index contributed by atoms with van der Waals surface area (Å²) in [7, 11) is 0. The van der Waals surface area contributed by atoms with E-state index in [0.717, 1.165) is 10.0 Å².